The van der Waals surface area contributed by atoms with E-state index in [0.29, 0.717) is 6.42 Å². The van der Waals surface area contributed by atoms with Crippen LogP contribution in [0.5, 0.6) is 0 Å². The molecule has 2 heterocycles. The van der Waals surface area contributed by atoms with E-state index in [1.807, 2.05) is 24.0 Å². The number of carbonyl (C=O) groups excluding carboxylic acids is 1. The number of amides is 1. The van der Waals surface area contributed by atoms with Crippen molar-refractivity contribution in [2.75, 3.05) is 5.32 Å². The quantitative estimate of drug-likeness (QED) is 0.891. The number of fused-ring (bicyclic) bond motifs is 1. The maximum Gasteiger partial charge on any atom is 0.224 e. The van der Waals surface area contributed by atoms with Crippen LogP contribution in [0, 0.1) is 5.41 Å². The molecule has 3 rings (SSSR count). The van der Waals surface area contributed by atoms with Crippen molar-refractivity contribution in [2.24, 2.45) is 12.5 Å². The van der Waals surface area contributed by atoms with Gasteiger partial charge in [0.15, 0.2) is 0 Å². The number of anilines is 1. The molecule has 134 valence electrons. The average Bonchev–Trinajstić information content (AvgIpc) is 2.96. The summed E-state index contributed by atoms with van der Waals surface area (Å²) >= 11 is 0. The summed E-state index contributed by atoms with van der Waals surface area (Å²) in [6.45, 7) is 8.92. The molecule has 0 saturated heterocycles. The zero-order valence-corrected chi connectivity index (χ0v) is 15.8. The lowest BCUT2D eigenvalue weighted by molar-refractivity contribution is -0.116. The predicted octanol–water partition coefficient (Wildman–Crippen LogP) is 3.74. The first-order valence-electron chi connectivity index (χ1n) is 8.91. The minimum absolute atomic E-state index is 0.0689. The first kappa shape index (κ1) is 17.7. The number of hydrogen-bond acceptors (Lipinski definition) is 3. The van der Waals surface area contributed by atoms with E-state index in [9.17, 15) is 4.79 Å². The molecule has 0 aliphatic carbocycles. The third kappa shape index (κ3) is 3.93. The van der Waals surface area contributed by atoms with Crippen LogP contribution in [0.2, 0.25) is 0 Å². The van der Waals surface area contributed by atoms with Gasteiger partial charge in [0.2, 0.25) is 5.91 Å². The Morgan fingerprint density at radius 1 is 1.24 bits per heavy atom. The molecule has 1 aromatic heterocycles. The summed E-state index contributed by atoms with van der Waals surface area (Å²) < 4.78 is 1.85. The molecule has 2 atom stereocenters. The van der Waals surface area contributed by atoms with Crippen molar-refractivity contribution in [1.82, 2.24) is 15.1 Å². The largest absolute Gasteiger partial charge is 0.326 e. The Morgan fingerprint density at radius 3 is 2.64 bits per heavy atom. The summed E-state index contributed by atoms with van der Waals surface area (Å²) in [4.78, 5) is 11.5. The summed E-state index contributed by atoms with van der Waals surface area (Å²) in [7, 11) is 1.95. The topological polar surface area (TPSA) is 59.0 Å². The molecule has 0 saturated carbocycles. The van der Waals surface area contributed by atoms with Crippen LogP contribution in [0.4, 0.5) is 5.69 Å². The van der Waals surface area contributed by atoms with Gasteiger partial charge in [-0.2, -0.15) is 5.10 Å². The number of nitrogens with zero attached hydrogens (tertiary/aromatic N) is 2. The maximum absolute atomic E-state index is 11.5. The standard InChI is InChI=1S/C20H28N4O/c1-13(14-6-8-17-15(10-14)7-9-18(25)23-17)22-19(20(2,3)4)16-11-21-24(5)12-16/h6,8,10-13,19,22H,7,9H2,1-5H3,(H,23,25). The van der Waals surface area contributed by atoms with E-state index in [2.05, 4.69) is 61.8 Å². The van der Waals surface area contributed by atoms with Gasteiger partial charge < -0.3 is 10.6 Å². The molecular weight excluding hydrogens is 312 g/mol. The SMILES string of the molecule is CC(NC(c1cnn(C)c1)C(C)(C)C)c1ccc2c(c1)CCC(=O)N2. The van der Waals surface area contributed by atoms with Crippen LogP contribution in [0.25, 0.3) is 0 Å². The Hall–Kier alpha value is -2.14. The molecule has 5 nitrogen and oxygen atoms in total. The van der Waals surface area contributed by atoms with E-state index in [1.165, 1.54) is 16.7 Å². The van der Waals surface area contributed by atoms with Crippen molar-refractivity contribution in [2.45, 2.75) is 52.6 Å². The van der Waals surface area contributed by atoms with Crippen LogP contribution >= 0.6 is 0 Å². The number of benzene rings is 1. The van der Waals surface area contributed by atoms with E-state index in [0.717, 1.165) is 12.1 Å². The van der Waals surface area contributed by atoms with Crippen LogP contribution in [0.3, 0.4) is 0 Å². The van der Waals surface area contributed by atoms with Gasteiger partial charge in [0.25, 0.3) is 0 Å². The first-order valence-corrected chi connectivity index (χ1v) is 8.91. The van der Waals surface area contributed by atoms with Gasteiger partial charge >= 0.3 is 0 Å². The summed E-state index contributed by atoms with van der Waals surface area (Å²) in [5.74, 6) is 0.107. The summed E-state index contributed by atoms with van der Waals surface area (Å²) in [6.07, 6.45) is 5.40. The number of rotatable bonds is 4. The van der Waals surface area contributed by atoms with Gasteiger partial charge in [-0.3, -0.25) is 9.48 Å². The lowest BCUT2D eigenvalue weighted by Gasteiger charge is -2.34. The van der Waals surface area contributed by atoms with E-state index in [-0.39, 0.29) is 23.4 Å². The highest BCUT2D eigenvalue weighted by Gasteiger charge is 2.29. The number of aryl methyl sites for hydroxylation is 2. The Balaban J connectivity index is 1.82. The summed E-state index contributed by atoms with van der Waals surface area (Å²) in [6, 6.07) is 6.75. The van der Waals surface area contributed by atoms with Crippen molar-refractivity contribution in [3.63, 3.8) is 0 Å². The highest BCUT2D eigenvalue weighted by molar-refractivity contribution is 5.93. The Kier molecular flexibility index (Phi) is 4.69. The molecular formula is C20H28N4O. The van der Waals surface area contributed by atoms with Gasteiger partial charge in [0, 0.05) is 43.0 Å². The molecule has 5 heteroatoms. The molecule has 0 fully saturated rings. The van der Waals surface area contributed by atoms with E-state index in [4.69, 9.17) is 0 Å². The Morgan fingerprint density at radius 2 is 2.00 bits per heavy atom. The fourth-order valence-electron chi connectivity index (χ4n) is 3.45. The summed E-state index contributed by atoms with van der Waals surface area (Å²) in [5, 5.41) is 11.1. The van der Waals surface area contributed by atoms with Crippen LogP contribution in [-0.4, -0.2) is 15.7 Å². The molecule has 2 unspecified atom stereocenters. The Labute approximate surface area is 149 Å². The smallest absolute Gasteiger partial charge is 0.224 e. The minimum atomic E-state index is 0.0689. The number of carbonyl (C=O) groups is 1. The zero-order valence-electron chi connectivity index (χ0n) is 15.8. The molecule has 0 bridgehead atoms. The van der Waals surface area contributed by atoms with Crippen LogP contribution in [-0.2, 0) is 18.3 Å². The third-order valence-electron chi connectivity index (χ3n) is 4.87. The Bertz CT molecular complexity index is 772. The normalized spacial score (nSPS) is 16.9. The molecule has 0 radical (unpaired) electrons. The zero-order chi connectivity index (χ0) is 18.2. The molecule has 25 heavy (non-hydrogen) atoms. The fraction of sp³-hybridized carbons (Fsp3) is 0.500. The molecule has 2 N–H and O–H groups in total. The van der Waals surface area contributed by atoms with Gasteiger partial charge in [-0.25, -0.2) is 0 Å². The average molecular weight is 340 g/mol. The maximum atomic E-state index is 11.5. The van der Waals surface area contributed by atoms with Gasteiger partial charge in [0.1, 0.15) is 0 Å². The second kappa shape index (κ2) is 6.64. The van der Waals surface area contributed by atoms with Crippen molar-refractivity contribution in [3.05, 3.63) is 47.3 Å². The number of aromatic nitrogens is 2. The number of nitrogens with one attached hydrogen (secondary N) is 2. The highest BCUT2D eigenvalue weighted by atomic mass is 16.1. The fourth-order valence-corrected chi connectivity index (χ4v) is 3.45. The van der Waals surface area contributed by atoms with Crippen molar-refractivity contribution < 1.29 is 4.79 Å². The third-order valence-corrected chi connectivity index (χ3v) is 4.87. The first-order chi connectivity index (χ1) is 11.7. The molecule has 1 amide bonds. The van der Waals surface area contributed by atoms with Crippen LogP contribution < -0.4 is 10.6 Å². The van der Waals surface area contributed by atoms with E-state index < -0.39 is 0 Å². The lowest BCUT2D eigenvalue weighted by atomic mass is 9.82. The van der Waals surface area contributed by atoms with E-state index >= 15 is 0 Å². The second-order valence-corrected chi connectivity index (χ2v) is 8.10. The predicted molar refractivity (Wildman–Crippen MR) is 100 cm³/mol. The van der Waals surface area contributed by atoms with Crippen molar-refractivity contribution >= 4 is 11.6 Å². The number of hydrogen-bond donors (Lipinski definition) is 2. The van der Waals surface area contributed by atoms with Crippen molar-refractivity contribution in [1.29, 1.82) is 0 Å². The second-order valence-electron chi connectivity index (χ2n) is 8.10. The van der Waals surface area contributed by atoms with E-state index in [1.54, 1.807) is 0 Å². The molecule has 1 aromatic carbocycles. The van der Waals surface area contributed by atoms with Gasteiger partial charge in [-0.05, 0) is 36.0 Å². The van der Waals surface area contributed by atoms with Crippen LogP contribution in [0.15, 0.2) is 30.6 Å². The van der Waals surface area contributed by atoms with Gasteiger partial charge in [-0.1, -0.05) is 32.9 Å². The molecule has 0 spiro atoms. The molecule has 1 aliphatic heterocycles. The minimum Gasteiger partial charge on any atom is -0.326 e. The van der Waals surface area contributed by atoms with Crippen LogP contribution in [0.1, 0.15) is 62.9 Å². The molecule has 1 aliphatic rings. The molecule has 2 aromatic rings. The monoisotopic (exact) mass is 340 g/mol. The van der Waals surface area contributed by atoms with Gasteiger partial charge in [0.05, 0.1) is 6.20 Å². The van der Waals surface area contributed by atoms with Gasteiger partial charge in [-0.15, -0.1) is 0 Å². The summed E-state index contributed by atoms with van der Waals surface area (Å²) in [5.41, 5.74) is 4.69. The highest BCUT2D eigenvalue weighted by Crippen LogP contribution is 2.35. The van der Waals surface area contributed by atoms with Crippen molar-refractivity contribution in [3.8, 4) is 0 Å². The lowest BCUT2D eigenvalue weighted by Crippen LogP contribution is -2.34.